The second-order valence-corrected chi connectivity index (χ2v) is 8.71. The Morgan fingerprint density at radius 3 is 2.77 bits per heavy atom. The van der Waals surface area contributed by atoms with E-state index in [0.29, 0.717) is 28.3 Å². The molecule has 2 aromatic carbocycles. The summed E-state index contributed by atoms with van der Waals surface area (Å²) in [6, 6.07) is 15.1. The van der Waals surface area contributed by atoms with E-state index in [1.54, 1.807) is 7.11 Å². The highest BCUT2D eigenvalue weighted by Gasteiger charge is 2.38. The molecule has 2 atom stereocenters. The molecule has 31 heavy (non-hydrogen) atoms. The number of nitrogens with zero attached hydrogens (tertiary/aromatic N) is 3. The van der Waals surface area contributed by atoms with Crippen LogP contribution in [0.2, 0.25) is 5.02 Å². The number of fused-ring (bicyclic) bond motifs is 1. The first-order chi connectivity index (χ1) is 15.1. The van der Waals surface area contributed by atoms with E-state index in [1.807, 2.05) is 53.2 Å². The van der Waals surface area contributed by atoms with Crippen molar-refractivity contribution in [1.29, 1.82) is 0 Å². The molecular formula is C22H24ClN5O2S. The first-order valence-corrected chi connectivity index (χ1v) is 11.4. The topological polar surface area (TPSA) is 81.1 Å². The van der Waals surface area contributed by atoms with E-state index in [2.05, 4.69) is 27.9 Å². The molecule has 0 radical (unpaired) electrons. The van der Waals surface area contributed by atoms with Crippen LogP contribution in [0.25, 0.3) is 11.4 Å². The van der Waals surface area contributed by atoms with Crippen LogP contribution in [-0.2, 0) is 4.79 Å². The van der Waals surface area contributed by atoms with Gasteiger partial charge in [0.2, 0.25) is 11.1 Å². The van der Waals surface area contributed by atoms with E-state index in [-0.39, 0.29) is 11.9 Å². The Kier molecular flexibility index (Phi) is 6.67. The smallest absolute Gasteiger partial charge is 0.236 e. The van der Waals surface area contributed by atoms with E-state index in [1.165, 1.54) is 11.8 Å². The molecule has 1 aromatic heterocycles. The van der Waals surface area contributed by atoms with Crippen LogP contribution in [0.15, 0.2) is 53.7 Å². The number of unbranched alkanes of at least 4 members (excludes halogenated alkanes) is 1. The van der Waals surface area contributed by atoms with Crippen molar-refractivity contribution in [1.82, 2.24) is 20.2 Å². The van der Waals surface area contributed by atoms with Gasteiger partial charge in [-0.25, -0.2) is 4.68 Å². The van der Waals surface area contributed by atoms with Gasteiger partial charge in [-0.05, 0) is 24.1 Å². The lowest BCUT2D eigenvalue weighted by Gasteiger charge is -2.33. The van der Waals surface area contributed by atoms with Gasteiger partial charge in [-0.1, -0.05) is 73.1 Å². The molecule has 0 saturated carbocycles. The van der Waals surface area contributed by atoms with Crippen molar-refractivity contribution in [3.63, 3.8) is 0 Å². The van der Waals surface area contributed by atoms with Crippen LogP contribution in [0.5, 0.6) is 5.75 Å². The Hall–Kier alpha value is -2.71. The zero-order valence-electron chi connectivity index (χ0n) is 17.3. The van der Waals surface area contributed by atoms with Gasteiger partial charge < -0.3 is 15.5 Å². The van der Waals surface area contributed by atoms with Crippen molar-refractivity contribution in [2.45, 2.75) is 36.2 Å². The van der Waals surface area contributed by atoms with Crippen molar-refractivity contribution in [2.75, 3.05) is 19.1 Å². The lowest BCUT2D eigenvalue weighted by atomic mass is 10.0. The molecule has 1 aliphatic rings. The number of halogens is 1. The Balaban J connectivity index is 1.70. The SMILES string of the molecule is CCCCNC(=O)[C@H]1Sc2nnc(-c3ccccc3)n2N[C@H]1c1ccc(OC)c(Cl)c1. The predicted molar refractivity (Wildman–Crippen MR) is 123 cm³/mol. The average Bonchev–Trinajstić information content (AvgIpc) is 3.22. The van der Waals surface area contributed by atoms with Gasteiger partial charge in [-0.3, -0.25) is 4.79 Å². The Morgan fingerprint density at radius 2 is 2.06 bits per heavy atom. The molecular weight excluding hydrogens is 434 g/mol. The second-order valence-electron chi connectivity index (χ2n) is 7.19. The number of ether oxygens (including phenoxy) is 1. The van der Waals surface area contributed by atoms with Crippen LogP contribution in [0.3, 0.4) is 0 Å². The van der Waals surface area contributed by atoms with Crippen LogP contribution >= 0.6 is 23.4 Å². The summed E-state index contributed by atoms with van der Waals surface area (Å²) < 4.78 is 7.13. The monoisotopic (exact) mass is 457 g/mol. The van der Waals surface area contributed by atoms with Gasteiger partial charge in [0.15, 0.2) is 5.82 Å². The highest BCUT2D eigenvalue weighted by molar-refractivity contribution is 8.00. The molecule has 2 heterocycles. The maximum absolute atomic E-state index is 13.1. The lowest BCUT2D eigenvalue weighted by Crippen LogP contribution is -2.44. The molecule has 162 valence electrons. The summed E-state index contributed by atoms with van der Waals surface area (Å²) in [6.07, 6.45) is 1.95. The highest BCUT2D eigenvalue weighted by atomic mass is 35.5. The van der Waals surface area contributed by atoms with Crippen LogP contribution in [0, 0.1) is 0 Å². The third-order valence-electron chi connectivity index (χ3n) is 5.09. The van der Waals surface area contributed by atoms with Gasteiger partial charge in [0, 0.05) is 12.1 Å². The number of carbonyl (C=O) groups excluding carboxylic acids is 1. The highest BCUT2D eigenvalue weighted by Crippen LogP contribution is 2.40. The number of amides is 1. The summed E-state index contributed by atoms with van der Waals surface area (Å²) in [5.74, 6) is 1.24. The van der Waals surface area contributed by atoms with Gasteiger partial charge >= 0.3 is 0 Å². The van der Waals surface area contributed by atoms with E-state index < -0.39 is 5.25 Å². The first kappa shape index (κ1) is 21.5. The van der Waals surface area contributed by atoms with Gasteiger partial charge in [-0.2, -0.15) is 0 Å². The van der Waals surface area contributed by atoms with E-state index >= 15 is 0 Å². The van der Waals surface area contributed by atoms with E-state index in [4.69, 9.17) is 16.3 Å². The van der Waals surface area contributed by atoms with Crippen LogP contribution in [0.1, 0.15) is 31.4 Å². The number of carbonyl (C=O) groups is 1. The minimum absolute atomic E-state index is 0.0431. The number of hydrogen-bond donors (Lipinski definition) is 2. The summed E-state index contributed by atoms with van der Waals surface area (Å²) >= 11 is 7.79. The van der Waals surface area contributed by atoms with Crippen molar-refractivity contribution in [3.05, 3.63) is 59.1 Å². The summed E-state index contributed by atoms with van der Waals surface area (Å²) in [4.78, 5) is 13.1. The molecule has 4 rings (SSSR count). The quantitative estimate of drug-likeness (QED) is 0.515. The number of benzene rings is 2. The normalized spacial score (nSPS) is 17.5. The van der Waals surface area contributed by atoms with Crippen LogP contribution < -0.4 is 15.5 Å². The van der Waals surface area contributed by atoms with E-state index in [9.17, 15) is 4.79 Å². The fourth-order valence-electron chi connectivity index (χ4n) is 3.44. The Labute approximate surface area is 190 Å². The lowest BCUT2D eigenvalue weighted by molar-refractivity contribution is -0.120. The minimum atomic E-state index is -0.429. The molecule has 2 N–H and O–H groups in total. The van der Waals surface area contributed by atoms with Gasteiger partial charge in [0.25, 0.3) is 0 Å². The number of nitrogens with one attached hydrogen (secondary N) is 2. The third-order valence-corrected chi connectivity index (χ3v) is 6.60. The number of thioether (sulfide) groups is 1. The largest absolute Gasteiger partial charge is 0.495 e. The molecule has 0 aliphatic carbocycles. The Morgan fingerprint density at radius 1 is 1.26 bits per heavy atom. The van der Waals surface area contributed by atoms with Crippen molar-refractivity contribution < 1.29 is 9.53 Å². The maximum atomic E-state index is 13.1. The Bertz CT molecular complexity index is 1060. The third kappa shape index (κ3) is 4.50. The van der Waals surface area contributed by atoms with Gasteiger partial charge in [0.05, 0.1) is 18.2 Å². The average molecular weight is 458 g/mol. The fourth-order valence-corrected chi connectivity index (χ4v) is 4.81. The second kappa shape index (κ2) is 9.62. The maximum Gasteiger partial charge on any atom is 0.236 e. The molecule has 9 heteroatoms. The fraction of sp³-hybridized carbons (Fsp3) is 0.318. The van der Waals surface area contributed by atoms with Crippen LogP contribution in [0.4, 0.5) is 0 Å². The van der Waals surface area contributed by atoms with Gasteiger partial charge in [0.1, 0.15) is 11.0 Å². The molecule has 0 fully saturated rings. The molecule has 0 saturated heterocycles. The number of hydrogen-bond acceptors (Lipinski definition) is 6. The molecule has 0 spiro atoms. The molecule has 1 aliphatic heterocycles. The molecule has 1 amide bonds. The number of rotatable bonds is 7. The first-order valence-electron chi connectivity index (χ1n) is 10.2. The zero-order chi connectivity index (χ0) is 21.8. The van der Waals surface area contributed by atoms with Crippen molar-refractivity contribution in [2.24, 2.45) is 0 Å². The summed E-state index contributed by atoms with van der Waals surface area (Å²) in [7, 11) is 1.58. The number of aromatic nitrogens is 3. The van der Waals surface area contributed by atoms with Crippen LogP contribution in [-0.4, -0.2) is 39.7 Å². The molecule has 3 aromatic rings. The minimum Gasteiger partial charge on any atom is -0.495 e. The van der Waals surface area contributed by atoms with E-state index in [0.717, 1.165) is 24.0 Å². The molecule has 0 bridgehead atoms. The molecule has 0 unspecified atom stereocenters. The summed E-state index contributed by atoms with van der Waals surface area (Å²) in [5, 5.41) is 12.4. The summed E-state index contributed by atoms with van der Waals surface area (Å²) in [6.45, 7) is 2.74. The summed E-state index contributed by atoms with van der Waals surface area (Å²) in [5.41, 5.74) is 5.28. The van der Waals surface area contributed by atoms with Crippen molar-refractivity contribution >= 4 is 29.3 Å². The predicted octanol–water partition coefficient (Wildman–Crippen LogP) is 4.28. The number of methoxy groups -OCH3 is 1. The van der Waals surface area contributed by atoms with Crippen molar-refractivity contribution in [3.8, 4) is 17.1 Å². The zero-order valence-corrected chi connectivity index (χ0v) is 18.9. The molecule has 7 nitrogen and oxygen atoms in total. The van der Waals surface area contributed by atoms with Gasteiger partial charge in [-0.15, -0.1) is 10.2 Å². The standard InChI is InChI=1S/C22H24ClN5O2S/c1-3-4-12-24-21(29)19-18(15-10-11-17(30-2)16(23)13-15)27-28-20(25-26-22(28)31-19)14-8-6-5-7-9-14/h5-11,13,18-19,27H,3-4,12H2,1-2H3,(H,24,29)/t18-,19-/m0/s1.